The van der Waals surface area contributed by atoms with Crippen LogP contribution < -0.4 is 4.74 Å². The van der Waals surface area contributed by atoms with Gasteiger partial charge in [0.15, 0.2) is 5.82 Å². The number of nitrogens with zero attached hydrogens (tertiary/aromatic N) is 4. The topological polar surface area (TPSA) is 90.1 Å². The summed E-state index contributed by atoms with van der Waals surface area (Å²) in [6.45, 7) is 2.35. The molecule has 1 aromatic carbocycles. The second-order valence-electron chi connectivity index (χ2n) is 4.61. The van der Waals surface area contributed by atoms with E-state index in [1.807, 2.05) is 37.3 Å². The van der Waals surface area contributed by atoms with Crippen LogP contribution in [0.4, 0.5) is 0 Å². The van der Waals surface area contributed by atoms with Crippen molar-refractivity contribution in [2.24, 2.45) is 0 Å². The zero-order chi connectivity index (χ0) is 15.1. The smallest absolute Gasteiger partial charge is 0.305 e. The largest absolute Gasteiger partial charge is 0.493 e. The molecule has 0 aliphatic heterocycles. The van der Waals surface area contributed by atoms with E-state index in [9.17, 15) is 4.79 Å². The van der Waals surface area contributed by atoms with E-state index in [-0.39, 0.29) is 12.5 Å². The first-order valence-corrected chi connectivity index (χ1v) is 6.87. The van der Waals surface area contributed by atoms with Gasteiger partial charge >= 0.3 is 5.97 Å². The van der Waals surface area contributed by atoms with Crippen molar-refractivity contribution in [3.63, 3.8) is 0 Å². The van der Waals surface area contributed by atoms with Gasteiger partial charge in [0.05, 0.1) is 19.1 Å². The van der Waals surface area contributed by atoms with E-state index in [1.165, 1.54) is 0 Å². The molecule has 0 aliphatic rings. The molecule has 0 bridgehead atoms. The molecule has 2 aromatic rings. The first-order valence-electron chi connectivity index (χ1n) is 6.87. The number of hydrogen-bond donors (Lipinski definition) is 1. The summed E-state index contributed by atoms with van der Waals surface area (Å²) in [5, 5.41) is 20.4. The van der Waals surface area contributed by atoms with Crippen molar-refractivity contribution in [3.05, 3.63) is 36.2 Å². The molecular formula is C14H18N4O3. The molecule has 0 spiro atoms. The Balaban J connectivity index is 1.95. The number of benzene rings is 1. The van der Waals surface area contributed by atoms with Crippen molar-refractivity contribution in [2.75, 3.05) is 6.61 Å². The van der Waals surface area contributed by atoms with E-state index in [0.29, 0.717) is 25.3 Å². The fraction of sp³-hybridized carbons (Fsp3) is 0.429. The van der Waals surface area contributed by atoms with Crippen LogP contribution in [0.15, 0.2) is 30.3 Å². The molecule has 0 radical (unpaired) electrons. The molecule has 1 aromatic heterocycles. The molecule has 0 saturated heterocycles. The molecule has 112 valence electrons. The van der Waals surface area contributed by atoms with Gasteiger partial charge in [-0.15, -0.1) is 5.10 Å². The van der Waals surface area contributed by atoms with E-state index >= 15 is 0 Å². The van der Waals surface area contributed by atoms with Gasteiger partial charge in [-0.05, 0) is 29.0 Å². The van der Waals surface area contributed by atoms with Crippen LogP contribution in [0.25, 0.3) is 0 Å². The number of hydrogen-bond acceptors (Lipinski definition) is 5. The maximum Gasteiger partial charge on any atom is 0.305 e. The van der Waals surface area contributed by atoms with Gasteiger partial charge in [0.25, 0.3) is 0 Å². The van der Waals surface area contributed by atoms with Crippen LogP contribution in [0, 0.1) is 0 Å². The summed E-state index contributed by atoms with van der Waals surface area (Å²) < 4.78 is 7.19. The van der Waals surface area contributed by atoms with Crippen molar-refractivity contribution in [2.45, 2.75) is 32.2 Å². The number of carboxylic acids is 1. The third kappa shape index (κ3) is 4.27. The molecule has 1 atom stereocenters. The quantitative estimate of drug-likeness (QED) is 0.796. The minimum Gasteiger partial charge on any atom is -0.493 e. The van der Waals surface area contributed by atoms with Crippen molar-refractivity contribution < 1.29 is 14.6 Å². The number of rotatable bonds is 8. The summed E-state index contributed by atoms with van der Waals surface area (Å²) in [6, 6.07) is 9.25. The minimum atomic E-state index is -0.858. The molecule has 7 heteroatoms. The van der Waals surface area contributed by atoms with Gasteiger partial charge in [-0.25, -0.2) is 4.68 Å². The van der Waals surface area contributed by atoms with Gasteiger partial charge in [0.2, 0.25) is 0 Å². The predicted molar refractivity (Wildman–Crippen MR) is 75.0 cm³/mol. The Morgan fingerprint density at radius 3 is 2.81 bits per heavy atom. The average Bonchev–Trinajstić information content (AvgIpc) is 2.94. The number of aromatic nitrogens is 4. The lowest BCUT2D eigenvalue weighted by Crippen LogP contribution is -2.18. The number of aliphatic carboxylic acids is 1. The van der Waals surface area contributed by atoms with E-state index in [4.69, 9.17) is 9.84 Å². The van der Waals surface area contributed by atoms with Crippen LogP contribution in [0.1, 0.15) is 31.6 Å². The zero-order valence-corrected chi connectivity index (χ0v) is 11.8. The molecule has 2 rings (SSSR count). The van der Waals surface area contributed by atoms with Crippen LogP contribution in [0.2, 0.25) is 0 Å². The first kappa shape index (κ1) is 15.0. The number of carboxylic acid groups (broad SMARTS) is 1. The molecule has 0 saturated carbocycles. The van der Waals surface area contributed by atoms with Crippen LogP contribution in [0.5, 0.6) is 5.75 Å². The highest BCUT2D eigenvalue weighted by molar-refractivity contribution is 5.67. The van der Waals surface area contributed by atoms with E-state index in [2.05, 4.69) is 15.5 Å². The number of para-hydroxylation sites is 1. The van der Waals surface area contributed by atoms with Crippen molar-refractivity contribution in [1.29, 1.82) is 0 Å². The Morgan fingerprint density at radius 2 is 2.14 bits per heavy atom. The summed E-state index contributed by atoms with van der Waals surface area (Å²) in [6.07, 6.45) is 1.19. The lowest BCUT2D eigenvalue weighted by molar-refractivity contribution is -0.138. The van der Waals surface area contributed by atoms with E-state index in [1.54, 1.807) is 4.68 Å². The maximum atomic E-state index is 10.9. The van der Waals surface area contributed by atoms with Crippen molar-refractivity contribution in [1.82, 2.24) is 20.2 Å². The highest BCUT2D eigenvalue weighted by Crippen LogP contribution is 2.16. The summed E-state index contributed by atoms with van der Waals surface area (Å²) >= 11 is 0. The third-order valence-electron chi connectivity index (χ3n) is 3.13. The Bertz CT molecular complexity index is 571. The summed E-state index contributed by atoms with van der Waals surface area (Å²) in [5.74, 6) is 0.567. The second kappa shape index (κ2) is 7.37. The zero-order valence-electron chi connectivity index (χ0n) is 11.8. The van der Waals surface area contributed by atoms with E-state index in [0.717, 1.165) is 5.75 Å². The second-order valence-corrected chi connectivity index (χ2v) is 4.61. The Hall–Kier alpha value is -2.44. The number of tetrazole rings is 1. The predicted octanol–water partition coefficient (Wildman–Crippen LogP) is 1.72. The molecule has 1 heterocycles. The lowest BCUT2D eigenvalue weighted by atomic mass is 10.1. The minimum absolute atomic E-state index is 0.00802. The summed E-state index contributed by atoms with van der Waals surface area (Å²) in [4.78, 5) is 10.9. The monoisotopic (exact) mass is 290 g/mol. The first-order chi connectivity index (χ1) is 10.2. The molecule has 7 nitrogen and oxygen atoms in total. The SMILES string of the molecule is CCC(CC(=O)O)n1nnnc1CCOc1ccccc1. The van der Waals surface area contributed by atoms with Crippen molar-refractivity contribution in [3.8, 4) is 5.75 Å². The normalized spacial score (nSPS) is 12.0. The molecule has 0 amide bonds. The standard InChI is InChI=1S/C14H18N4O3/c1-2-11(10-14(19)20)18-13(15-16-17-18)8-9-21-12-6-4-3-5-7-12/h3-7,11H,2,8-10H2,1H3,(H,19,20). The molecule has 1 unspecified atom stereocenters. The highest BCUT2D eigenvalue weighted by Gasteiger charge is 2.18. The van der Waals surface area contributed by atoms with Gasteiger partial charge in [-0.1, -0.05) is 25.1 Å². The number of carbonyl (C=O) groups is 1. The van der Waals surface area contributed by atoms with Crippen LogP contribution in [-0.2, 0) is 11.2 Å². The van der Waals surface area contributed by atoms with Crippen LogP contribution in [0.3, 0.4) is 0 Å². The molecule has 0 fully saturated rings. The molecule has 0 aliphatic carbocycles. The van der Waals surface area contributed by atoms with Gasteiger partial charge in [-0.3, -0.25) is 4.79 Å². The fourth-order valence-electron chi connectivity index (χ4n) is 2.04. The molecule has 1 N–H and O–H groups in total. The molecule has 21 heavy (non-hydrogen) atoms. The average molecular weight is 290 g/mol. The van der Waals surface area contributed by atoms with Gasteiger partial charge in [0, 0.05) is 6.42 Å². The molecular weight excluding hydrogens is 272 g/mol. The van der Waals surface area contributed by atoms with Gasteiger partial charge in [-0.2, -0.15) is 0 Å². The van der Waals surface area contributed by atoms with Crippen LogP contribution in [-0.4, -0.2) is 37.9 Å². The fourth-order valence-corrected chi connectivity index (χ4v) is 2.04. The summed E-state index contributed by atoms with van der Waals surface area (Å²) in [5.41, 5.74) is 0. The summed E-state index contributed by atoms with van der Waals surface area (Å²) in [7, 11) is 0. The maximum absolute atomic E-state index is 10.9. The highest BCUT2D eigenvalue weighted by atomic mass is 16.5. The Labute approximate surface area is 122 Å². The number of ether oxygens (including phenoxy) is 1. The van der Waals surface area contributed by atoms with Crippen LogP contribution >= 0.6 is 0 Å². The Kier molecular flexibility index (Phi) is 5.25. The van der Waals surface area contributed by atoms with Gasteiger partial charge in [0.1, 0.15) is 5.75 Å². The lowest BCUT2D eigenvalue weighted by Gasteiger charge is -2.14. The van der Waals surface area contributed by atoms with E-state index < -0.39 is 5.97 Å². The third-order valence-corrected chi connectivity index (χ3v) is 3.13. The Morgan fingerprint density at radius 1 is 1.38 bits per heavy atom. The van der Waals surface area contributed by atoms with Crippen molar-refractivity contribution >= 4 is 5.97 Å². The van der Waals surface area contributed by atoms with Gasteiger partial charge < -0.3 is 9.84 Å².